The Bertz CT molecular complexity index is 1230. The Morgan fingerprint density at radius 1 is 1.00 bits per heavy atom. The Balaban J connectivity index is 1.54. The number of halogens is 1. The van der Waals surface area contributed by atoms with Gasteiger partial charge in [0.2, 0.25) is 5.96 Å². The molecule has 156 valence electrons. The number of carbonyl (C=O) groups is 1. The maximum atomic E-state index is 12.7. The normalized spacial score (nSPS) is 11.5. The summed E-state index contributed by atoms with van der Waals surface area (Å²) >= 11 is 6.26. The molecular weight excluding hydrogens is 408 g/mol. The van der Waals surface area contributed by atoms with Crippen LogP contribution in [0.15, 0.2) is 84.0 Å². The molecule has 0 unspecified atom stereocenters. The molecule has 0 bridgehead atoms. The quantitative estimate of drug-likeness (QED) is 0.286. The number of rotatable bonds is 5. The molecule has 5 nitrogen and oxygen atoms in total. The summed E-state index contributed by atoms with van der Waals surface area (Å²) in [5.74, 6) is 0.165. The van der Waals surface area contributed by atoms with Gasteiger partial charge in [-0.3, -0.25) is 15.1 Å². The second-order valence-corrected chi connectivity index (χ2v) is 7.60. The summed E-state index contributed by atoms with van der Waals surface area (Å²) in [6.45, 7) is 2.44. The fourth-order valence-electron chi connectivity index (χ4n) is 3.38. The number of hydrogen-bond donors (Lipinski definition) is 3. The summed E-state index contributed by atoms with van der Waals surface area (Å²) in [5, 5.41) is 7.96. The molecule has 3 aromatic carbocycles. The number of H-pyrrole nitrogens is 1. The van der Waals surface area contributed by atoms with E-state index < -0.39 is 0 Å². The fraction of sp³-hybridized carbons (Fsp3) is 0.120. The molecule has 0 radical (unpaired) electrons. The summed E-state index contributed by atoms with van der Waals surface area (Å²) < 4.78 is 0. The summed E-state index contributed by atoms with van der Waals surface area (Å²) in [4.78, 5) is 20.6. The number of aromatic nitrogens is 1. The first-order valence-corrected chi connectivity index (χ1v) is 10.5. The largest absolute Gasteiger partial charge is 0.361 e. The lowest BCUT2D eigenvalue weighted by Gasteiger charge is -2.14. The third kappa shape index (κ3) is 4.95. The number of anilines is 1. The van der Waals surface area contributed by atoms with Crippen LogP contribution in [0.4, 0.5) is 5.69 Å². The molecule has 0 atom stereocenters. The number of para-hydroxylation sites is 1. The van der Waals surface area contributed by atoms with Crippen LogP contribution in [0, 0.1) is 6.92 Å². The number of aromatic amines is 1. The predicted octanol–water partition coefficient (Wildman–Crippen LogP) is 5.57. The third-order valence-electron chi connectivity index (χ3n) is 5.11. The van der Waals surface area contributed by atoms with Crippen molar-refractivity contribution >= 4 is 40.1 Å². The van der Waals surface area contributed by atoms with E-state index in [1.807, 2.05) is 61.7 Å². The van der Waals surface area contributed by atoms with Gasteiger partial charge < -0.3 is 10.3 Å². The molecule has 0 saturated heterocycles. The van der Waals surface area contributed by atoms with E-state index in [4.69, 9.17) is 11.6 Å². The van der Waals surface area contributed by atoms with Crippen LogP contribution in [0.5, 0.6) is 0 Å². The van der Waals surface area contributed by atoms with Gasteiger partial charge in [0.15, 0.2) is 0 Å². The van der Waals surface area contributed by atoms with Crippen molar-refractivity contribution in [2.75, 3.05) is 11.9 Å². The number of fused-ring (bicyclic) bond motifs is 1. The van der Waals surface area contributed by atoms with E-state index in [2.05, 4.69) is 32.7 Å². The summed E-state index contributed by atoms with van der Waals surface area (Å²) in [6, 6.07) is 22.9. The van der Waals surface area contributed by atoms with E-state index in [-0.39, 0.29) is 5.91 Å². The number of carbonyl (C=O) groups excluding carboxylic acids is 1. The van der Waals surface area contributed by atoms with Gasteiger partial charge in [-0.05, 0) is 54.8 Å². The standard InChI is InChI=1S/C25H23ClN4O/c1-17-21(26)11-7-13-22(17)29-25(30-24(31)18-8-3-2-4-9-18)27-15-14-19-16-28-23-12-6-5-10-20(19)23/h2-13,16,28H,14-15H2,1H3,(H2,27,29,30,31). The van der Waals surface area contributed by atoms with Gasteiger partial charge in [-0.25, -0.2) is 0 Å². The minimum Gasteiger partial charge on any atom is -0.361 e. The first-order valence-electron chi connectivity index (χ1n) is 10.1. The summed E-state index contributed by atoms with van der Waals surface area (Å²) in [7, 11) is 0. The molecule has 31 heavy (non-hydrogen) atoms. The van der Waals surface area contributed by atoms with Crippen LogP contribution in [0.2, 0.25) is 5.02 Å². The maximum absolute atomic E-state index is 12.7. The number of benzene rings is 3. The van der Waals surface area contributed by atoms with E-state index >= 15 is 0 Å². The highest BCUT2D eigenvalue weighted by molar-refractivity contribution is 6.31. The van der Waals surface area contributed by atoms with Gasteiger partial charge >= 0.3 is 0 Å². The average molecular weight is 431 g/mol. The lowest BCUT2D eigenvalue weighted by molar-refractivity contribution is 0.0977. The van der Waals surface area contributed by atoms with Crippen LogP contribution < -0.4 is 10.6 Å². The Morgan fingerprint density at radius 2 is 1.77 bits per heavy atom. The van der Waals surface area contributed by atoms with Crippen LogP contribution >= 0.6 is 11.6 Å². The molecule has 1 amide bonds. The number of guanidine groups is 1. The average Bonchev–Trinajstić information content (AvgIpc) is 3.20. The van der Waals surface area contributed by atoms with Gasteiger partial charge in [-0.1, -0.05) is 54.1 Å². The fourth-order valence-corrected chi connectivity index (χ4v) is 3.55. The third-order valence-corrected chi connectivity index (χ3v) is 5.52. The Hall–Kier alpha value is -3.57. The predicted molar refractivity (Wildman–Crippen MR) is 128 cm³/mol. The minimum atomic E-state index is -0.223. The van der Waals surface area contributed by atoms with Crippen molar-refractivity contribution in [3.05, 3.63) is 101 Å². The van der Waals surface area contributed by atoms with Crippen LogP contribution in [-0.4, -0.2) is 23.4 Å². The molecule has 0 saturated carbocycles. The highest BCUT2D eigenvalue weighted by Crippen LogP contribution is 2.23. The van der Waals surface area contributed by atoms with Crippen molar-refractivity contribution in [2.24, 2.45) is 4.99 Å². The van der Waals surface area contributed by atoms with Crippen molar-refractivity contribution in [1.29, 1.82) is 0 Å². The summed E-state index contributed by atoms with van der Waals surface area (Å²) in [5.41, 5.74) is 4.55. The number of aliphatic imine (C=N–C) groups is 1. The molecule has 0 fully saturated rings. The molecule has 4 rings (SSSR count). The van der Waals surface area contributed by atoms with Gasteiger partial charge in [0.25, 0.3) is 5.91 Å². The van der Waals surface area contributed by atoms with E-state index in [0.29, 0.717) is 23.1 Å². The van der Waals surface area contributed by atoms with Crippen LogP contribution in [0.1, 0.15) is 21.5 Å². The summed E-state index contributed by atoms with van der Waals surface area (Å²) in [6.07, 6.45) is 2.75. The van der Waals surface area contributed by atoms with Crippen molar-refractivity contribution < 1.29 is 4.79 Å². The molecule has 0 spiro atoms. The van der Waals surface area contributed by atoms with E-state index in [9.17, 15) is 4.79 Å². The molecule has 4 aromatic rings. The van der Waals surface area contributed by atoms with Gasteiger partial charge in [-0.2, -0.15) is 0 Å². The van der Waals surface area contributed by atoms with E-state index in [1.165, 1.54) is 10.9 Å². The molecule has 0 aliphatic carbocycles. The van der Waals surface area contributed by atoms with Crippen LogP contribution in [0.25, 0.3) is 10.9 Å². The van der Waals surface area contributed by atoms with Gasteiger partial charge in [0.05, 0.1) is 0 Å². The first kappa shape index (κ1) is 20.7. The van der Waals surface area contributed by atoms with E-state index in [1.54, 1.807) is 12.1 Å². The van der Waals surface area contributed by atoms with Crippen molar-refractivity contribution in [3.63, 3.8) is 0 Å². The molecule has 1 aromatic heterocycles. The van der Waals surface area contributed by atoms with Crippen molar-refractivity contribution in [3.8, 4) is 0 Å². The van der Waals surface area contributed by atoms with Crippen LogP contribution in [-0.2, 0) is 6.42 Å². The topological polar surface area (TPSA) is 69.3 Å². The molecular formula is C25H23ClN4O. The van der Waals surface area contributed by atoms with Gasteiger partial charge in [0.1, 0.15) is 0 Å². The zero-order valence-electron chi connectivity index (χ0n) is 17.2. The van der Waals surface area contributed by atoms with Gasteiger partial charge in [-0.15, -0.1) is 0 Å². The lowest BCUT2D eigenvalue weighted by Crippen LogP contribution is -2.36. The maximum Gasteiger partial charge on any atom is 0.257 e. The van der Waals surface area contributed by atoms with Gasteiger partial charge in [0, 0.05) is 39.9 Å². The highest BCUT2D eigenvalue weighted by Gasteiger charge is 2.11. The Labute approximate surface area is 186 Å². The van der Waals surface area contributed by atoms with Crippen molar-refractivity contribution in [2.45, 2.75) is 13.3 Å². The molecule has 1 heterocycles. The number of nitrogens with one attached hydrogen (secondary N) is 3. The Kier molecular flexibility index (Phi) is 6.34. The van der Waals surface area contributed by atoms with Crippen molar-refractivity contribution in [1.82, 2.24) is 10.3 Å². The monoisotopic (exact) mass is 430 g/mol. The highest BCUT2D eigenvalue weighted by atomic mass is 35.5. The second-order valence-electron chi connectivity index (χ2n) is 7.20. The molecule has 0 aliphatic heterocycles. The molecule has 6 heteroatoms. The zero-order chi connectivity index (χ0) is 21.6. The van der Waals surface area contributed by atoms with E-state index in [0.717, 1.165) is 23.2 Å². The first-order chi connectivity index (χ1) is 15.1. The molecule has 3 N–H and O–H groups in total. The Morgan fingerprint density at radius 3 is 2.61 bits per heavy atom. The second kappa shape index (κ2) is 9.49. The van der Waals surface area contributed by atoms with Crippen LogP contribution in [0.3, 0.4) is 0 Å². The minimum absolute atomic E-state index is 0.223. The molecule has 0 aliphatic rings. The smallest absolute Gasteiger partial charge is 0.257 e. The number of amides is 1. The SMILES string of the molecule is Cc1c(Cl)cccc1NC(=NCCc1c[nH]c2ccccc12)NC(=O)c1ccccc1. The lowest BCUT2D eigenvalue weighted by atomic mass is 10.1. The zero-order valence-corrected chi connectivity index (χ0v) is 17.9. The number of hydrogen-bond acceptors (Lipinski definition) is 2. The number of nitrogens with zero attached hydrogens (tertiary/aromatic N) is 1.